The van der Waals surface area contributed by atoms with Crippen LogP contribution in [0.4, 0.5) is 13.2 Å². The predicted octanol–water partition coefficient (Wildman–Crippen LogP) is 4.43. The first kappa shape index (κ1) is 18.1. The standard InChI is InChI=1S/C20H22F3N3O/c1-3-4-15-12-7-8-20(15,16-6-5-11(21)9-13(12)16)24-19(27)14-10-26(2)25-17(14)18(22)23/h5-6,9-10,12,15,18H,3-4,7-8H2,1-2H3,(H,24,27)/t12?,15?,20-/m1/s1. The highest BCUT2D eigenvalue weighted by atomic mass is 19.3. The van der Waals surface area contributed by atoms with E-state index in [1.54, 1.807) is 12.1 Å². The number of rotatable bonds is 5. The highest BCUT2D eigenvalue weighted by Crippen LogP contribution is 2.61. The van der Waals surface area contributed by atoms with Crippen molar-refractivity contribution in [3.05, 3.63) is 52.6 Å². The molecule has 4 rings (SSSR count). The first-order valence-corrected chi connectivity index (χ1v) is 9.31. The number of fused-ring (bicyclic) bond motifs is 5. The third-order valence-electron chi connectivity index (χ3n) is 6.11. The lowest BCUT2D eigenvalue weighted by atomic mass is 9.82. The summed E-state index contributed by atoms with van der Waals surface area (Å²) < 4.78 is 41.6. The molecule has 0 radical (unpaired) electrons. The summed E-state index contributed by atoms with van der Waals surface area (Å²) in [4.78, 5) is 13.0. The molecule has 1 saturated carbocycles. The summed E-state index contributed by atoms with van der Waals surface area (Å²) in [7, 11) is 1.51. The molecule has 2 bridgehead atoms. The van der Waals surface area contributed by atoms with E-state index in [4.69, 9.17) is 0 Å². The number of nitrogens with zero attached hydrogens (tertiary/aromatic N) is 2. The highest BCUT2D eigenvalue weighted by Gasteiger charge is 2.57. The van der Waals surface area contributed by atoms with Crippen molar-refractivity contribution < 1.29 is 18.0 Å². The zero-order valence-corrected chi connectivity index (χ0v) is 15.3. The van der Waals surface area contributed by atoms with Gasteiger partial charge in [0, 0.05) is 13.2 Å². The van der Waals surface area contributed by atoms with Gasteiger partial charge in [0.05, 0.1) is 11.1 Å². The molecule has 2 aliphatic carbocycles. The summed E-state index contributed by atoms with van der Waals surface area (Å²) in [6, 6.07) is 4.71. The Balaban J connectivity index is 1.74. The molecule has 1 aromatic heterocycles. The maximum atomic E-state index is 13.8. The van der Waals surface area contributed by atoms with Gasteiger partial charge in [-0.2, -0.15) is 5.10 Å². The predicted molar refractivity (Wildman–Crippen MR) is 94.1 cm³/mol. The maximum absolute atomic E-state index is 13.8. The fraction of sp³-hybridized carbons (Fsp3) is 0.500. The minimum absolute atomic E-state index is 0.101. The van der Waals surface area contributed by atoms with E-state index in [9.17, 15) is 18.0 Å². The Labute approximate surface area is 155 Å². The fourth-order valence-corrected chi connectivity index (χ4v) is 5.16. The minimum Gasteiger partial charge on any atom is -0.342 e. The van der Waals surface area contributed by atoms with Gasteiger partial charge >= 0.3 is 0 Å². The van der Waals surface area contributed by atoms with Gasteiger partial charge in [-0.15, -0.1) is 0 Å². The van der Waals surface area contributed by atoms with Crippen molar-refractivity contribution >= 4 is 5.91 Å². The van der Waals surface area contributed by atoms with Crippen LogP contribution in [0, 0.1) is 11.7 Å². The topological polar surface area (TPSA) is 46.9 Å². The molecule has 27 heavy (non-hydrogen) atoms. The Morgan fingerprint density at radius 3 is 2.93 bits per heavy atom. The van der Waals surface area contributed by atoms with Gasteiger partial charge in [-0.1, -0.05) is 19.4 Å². The van der Waals surface area contributed by atoms with Gasteiger partial charge in [-0.25, -0.2) is 13.2 Å². The van der Waals surface area contributed by atoms with Gasteiger partial charge in [0.15, 0.2) is 0 Å². The fourth-order valence-electron chi connectivity index (χ4n) is 5.16. The molecule has 0 saturated heterocycles. The molecule has 1 fully saturated rings. The Morgan fingerprint density at radius 1 is 1.44 bits per heavy atom. The van der Waals surface area contributed by atoms with Crippen molar-refractivity contribution in [2.45, 2.75) is 50.5 Å². The number of amides is 1. The molecule has 2 unspecified atom stereocenters. The Bertz CT molecular complexity index is 895. The molecule has 7 heteroatoms. The van der Waals surface area contributed by atoms with Crippen molar-refractivity contribution in [3.63, 3.8) is 0 Å². The number of benzene rings is 1. The Hall–Kier alpha value is -2.31. The number of aryl methyl sites for hydroxylation is 1. The molecule has 1 heterocycles. The summed E-state index contributed by atoms with van der Waals surface area (Å²) in [5.74, 6) is -0.489. The Kier molecular flexibility index (Phi) is 4.28. The number of carbonyl (C=O) groups excluding carboxylic acids is 1. The molecular formula is C20H22F3N3O. The number of hydrogen-bond donors (Lipinski definition) is 1. The van der Waals surface area contributed by atoms with Crippen LogP contribution in [0.5, 0.6) is 0 Å². The lowest BCUT2D eigenvalue weighted by Gasteiger charge is -2.34. The van der Waals surface area contributed by atoms with Crippen LogP contribution < -0.4 is 5.32 Å². The van der Waals surface area contributed by atoms with E-state index in [1.807, 2.05) is 0 Å². The quantitative estimate of drug-likeness (QED) is 0.838. The van der Waals surface area contributed by atoms with Crippen molar-refractivity contribution in [2.24, 2.45) is 13.0 Å². The van der Waals surface area contributed by atoms with Crippen LogP contribution in [0.2, 0.25) is 0 Å². The molecule has 0 spiro atoms. The second kappa shape index (κ2) is 6.39. The summed E-state index contributed by atoms with van der Waals surface area (Å²) in [5.41, 5.74) is 0.631. The van der Waals surface area contributed by atoms with Gasteiger partial charge < -0.3 is 5.32 Å². The second-order valence-corrected chi connectivity index (χ2v) is 7.60. The van der Waals surface area contributed by atoms with Crippen molar-refractivity contribution in [1.82, 2.24) is 15.1 Å². The van der Waals surface area contributed by atoms with Crippen LogP contribution in [-0.2, 0) is 12.6 Å². The highest BCUT2D eigenvalue weighted by molar-refractivity contribution is 5.96. The van der Waals surface area contributed by atoms with Crippen LogP contribution in [0.1, 0.15) is 72.1 Å². The van der Waals surface area contributed by atoms with Crippen molar-refractivity contribution in [3.8, 4) is 0 Å². The summed E-state index contributed by atoms with van der Waals surface area (Å²) in [6.45, 7) is 2.08. The molecule has 3 atom stereocenters. The molecule has 0 aliphatic heterocycles. The van der Waals surface area contributed by atoms with E-state index >= 15 is 0 Å². The van der Waals surface area contributed by atoms with Crippen molar-refractivity contribution in [2.75, 3.05) is 0 Å². The lowest BCUT2D eigenvalue weighted by Crippen LogP contribution is -2.47. The van der Waals surface area contributed by atoms with Gasteiger partial charge in [0.2, 0.25) is 0 Å². The number of nitrogens with one attached hydrogen (secondary N) is 1. The van der Waals surface area contributed by atoms with E-state index in [0.29, 0.717) is 0 Å². The summed E-state index contributed by atoms with van der Waals surface area (Å²) >= 11 is 0. The van der Waals surface area contributed by atoms with Crippen molar-refractivity contribution in [1.29, 1.82) is 0 Å². The number of aromatic nitrogens is 2. The van der Waals surface area contributed by atoms with E-state index in [0.717, 1.165) is 36.8 Å². The first-order chi connectivity index (χ1) is 12.9. The third kappa shape index (κ3) is 2.66. The van der Waals surface area contributed by atoms with Gasteiger partial charge in [-0.05, 0) is 54.4 Å². The SMILES string of the molecule is CCCC1C2CC[C@]1(NC(=O)c1cn(C)nc1C(F)F)c1ccc(F)cc12. The first-order valence-electron chi connectivity index (χ1n) is 9.31. The van der Waals surface area contributed by atoms with Gasteiger partial charge in [0.25, 0.3) is 12.3 Å². The molecular weight excluding hydrogens is 355 g/mol. The summed E-state index contributed by atoms with van der Waals surface area (Å²) in [5, 5.41) is 6.80. The molecule has 2 aliphatic rings. The molecule has 1 aromatic carbocycles. The van der Waals surface area contributed by atoms with Crippen LogP contribution >= 0.6 is 0 Å². The summed E-state index contributed by atoms with van der Waals surface area (Å²) in [6.07, 6.45) is 1.92. The second-order valence-electron chi connectivity index (χ2n) is 7.60. The van der Waals surface area contributed by atoms with E-state index in [-0.39, 0.29) is 23.2 Å². The molecule has 4 nitrogen and oxygen atoms in total. The van der Waals surface area contributed by atoms with E-state index in [1.165, 1.54) is 24.0 Å². The third-order valence-corrected chi connectivity index (χ3v) is 6.11. The van der Waals surface area contributed by atoms with Crippen LogP contribution in [0.3, 0.4) is 0 Å². The molecule has 2 aromatic rings. The normalized spacial score (nSPS) is 25.9. The monoisotopic (exact) mass is 377 g/mol. The van der Waals surface area contributed by atoms with E-state index in [2.05, 4.69) is 17.3 Å². The average molecular weight is 377 g/mol. The molecule has 144 valence electrons. The van der Waals surface area contributed by atoms with Crippen LogP contribution in [-0.4, -0.2) is 15.7 Å². The lowest BCUT2D eigenvalue weighted by molar-refractivity contribution is 0.0856. The average Bonchev–Trinajstić information content (AvgIpc) is 3.24. The zero-order chi connectivity index (χ0) is 19.3. The molecule has 1 amide bonds. The number of alkyl halides is 2. The maximum Gasteiger partial charge on any atom is 0.282 e. The minimum atomic E-state index is -2.82. The largest absolute Gasteiger partial charge is 0.342 e. The van der Waals surface area contributed by atoms with Crippen LogP contribution in [0.15, 0.2) is 24.4 Å². The smallest absolute Gasteiger partial charge is 0.282 e. The van der Waals surface area contributed by atoms with Crippen LogP contribution in [0.25, 0.3) is 0 Å². The number of halogens is 3. The van der Waals surface area contributed by atoms with Gasteiger partial charge in [0.1, 0.15) is 11.5 Å². The molecule has 1 N–H and O–H groups in total. The number of carbonyl (C=O) groups is 1. The number of hydrogen-bond acceptors (Lipinski definition) is 2. The van der Waals surface area contributed by atoms with Gasteiger partial charge in [-0.3, -0.25) is 9.48 Å². The zero-order valence-electron chi connectivity index (χ0n) is 15.3. The Morgan fingerprint density at radius 2 is 2.22 bits per heavy atom. The van der Waals surface area contributed by atoms with E-state index < -0.39 is 23.6 Å².